The van der Waals surface area contributed by atoms with E-state index in [0.717, 1.165) is 9.13 Å². The molecule has 0 amide bonds. The molecule has 0 atom stereocenters. The third-order valence-corrected chi connectivity index (χ3v) is 5.93. The van der Waals surface area contributed by atoms with Crippen LogP contribution in [0.25, 0.3) is 6.08 Å². The Labute approximate surface area is 213 Å². The highest BCUT2D eigenvalue weighted by molar-refractivity contribution is 14.1. The Hall–Kier alpha value is -3.80. The van der Waals surface area contributed by atoms with Gasteiger partial charge in [0.15, 0.2) is 17.2 Å². The Balaban J connectivity index is 1.60. The first-order valence-electron chi connectivity index (χ1n) is 10.3. The Morgan fingerprint density at radius 1 is 1.17 bits per heavy atom. The molecule has 10 heteroatoms. The molecule has 178 valence electrons. The number of aliphatic imine (C=N–C) groups is 1. The van der Waals surface area contributed by atoms with Gasteiger partial charge in [-0.15, -0.1) is 0 Å². The van der Waals surface area contributed by atoms with Gasteiger partial charge in [-0.05, 0) is 77.0 Å². The molecule has 0 fully saturated rings. The highest BCUT2D eigenvalue weighted by Gasteiger charge is 2.26. The predicted octanol–water partition coefficient (Wildman–Crippen LogP) is 5.58. The number of esters is 1. The number of nitrogens with zero attached hydrogens (tertiary/aromatic N) is 2. The van der Waals surface area contributed by atoms with Crippen molar-refractivity contribution in [3.8, 4) is 11.5 Å². The van der Waals surface area contributed by atoms with Gasteiger partial charge in [0.05, 0.1) is 15.6 Å². The summed E-state index contributed by atoms with van der Waals surface area (Å²) in [5, 5.41) is 11.2. The molecule has 1 aliphatic rings. The molecule has 0 saturated carbocycles. The minimum absolute atomic E-state index is 0.00902. The number of hydrogen-bond donors (Lipinski definition) is 0. The SMILES string of the molecule is COc1cc(/C=C2\N=C(c3ccc(C)c([N+](=O)[O-])c3)OC2=O)cc(I)c1OCc1ccc(F)cc1. The normalized spacial score (nSPS) is 14.0. The highest BCUT2D eigenvalue weighted by Crippen LogP contribution is 2.35. The Morgan fingerprint density at radius 3 is 2.60 bits per heavy atom. The van der Waals surface area contributed by atoms with Crippen LogP contribution < -0.4 is 9.47 Å². The van der Waals surface area contributed by atoms with Crippen molar-refractivity contribution in [3.63, 3.8) is 0 Å². The van der Waals surface area contributed by atoms with Crippen LogP contribution in [0.4, 0.5) is 10.1 Å². The van der Waals surface area contributed by atoms with Gasteiger partial charge in [-0.3, -0.25) is 10.1 Å². The van der Waals surface area contributed by atoms with Gasteiger partial charge >= 0.3 is 5.97 Å². The summed E-state index contributed by atoms with van der Waals surface area (Å²) < 4.78 is 30.5. The van der Waals surface area contributed by atoms with E-state index < -0.39 is 10.9 Å². The van der Waals surface area contributed by atoms with Crippen molar-refractivity contribution in [1.82, 2.24) is 0 Å². The van der Waals surface area contributed by atoms with E-state index in [1.807, 2.05) is 0 Å². The zero-order valence-corrected chi connectivity index (χ0v) is 20.7. The summed E-state index contributed by atoms with van der Waals surface area (Å²) in [6.45, 7) is 1.84. The standard InChI is InChI=1S/C25H18FIN2O6/c1-14-3-6-17(12-21(14)29(31)32)24-28-20(25(30)35-24)10-16-9-19(27)23(22(11-16)33-2)34-13-15-4-7-18(26)8-5-15/h3-12H,13H2,1-2H3/b20-10-. The van der Waals surface area contributed by atoms with E-state index in [1.54, 1.807) is 43.3 Å². The lowest BCUT2D eigenvalue weighted by Gasteiger charge is -2.14. The Kier molecular flexibility index (Phi) is 7.10. The monoisotopic (exact) mass is 588 g/mol. The predicted molar refractivity (Wildman–Crippen MR) is 135 cm³/mol. The largest absolute Gasteiger partial charge is 0.493 e. The molecule has 0 radical (unpaired) electrons. The van der Waals surface area contributed by atoms with Crippen LogP contribution in [-0.4, -0.2) is 23.9 Å². The van der Waals surface area contributed by atoms with Crippen LogP contribution >= 0.6 is 22.6 Å². The lowest BCUT2D eigenvalue weighted by molar-refractivity contribution is -0.385. The van der Waals surface area contributed by atoms with Gasteiger partial charge in [0, 0.05) is 17.2 Å². The lowest BCUT2D eigenvalue weighted by atomic mass is 10.1. The minimum atomic E-state index is -0.672. The Bertz CT molecular complexity index is 1390. The van der Waals surface area contributed by atoms with Crippen molar-refractivity contribution in [2.45, 2.75) is 13.5 Å². The molecule has 35 heavy (non-hydrogen) atoms. The summed E-state index contributed by atoms with van der Waals surface area (Å²) in [6, 6.07) is 14.0. The summed E-state index contributed by atoms with van der Waals surface area (Å²) in [5.41, 5.74) is 2.18. The van der Waals surface area contributed by atoms with Crippen molar-refractivity contribution in [3.05, 3.63) is 102 Å². The summed E-state index contributed by atoms with van der Waals surface area (Å²) in [7, 11) is 1.50. The molecule has 4 rings (SSSR count). The molecular formula is C25H18FIN2O6. The summed E-state index contributed by atoms with van der Waals surface area (Å²) in [6.07, 6.45) is 1.53. The number of carbonyl (C=O) groups is 1. The number of halogens is 2. The number of nitro groups is 1. The molecule has 0 saturated heterocycles. The number of nitro benzene ring substituents is 1. The average molecular weight is 588 g/mol. The number of rotatable bonds is 7. The second-order valence-corrected chi connectivity index (χ2v) is 8.71. The van der Waals surface area contributed by atoms with Crippen molar-refractivity contribution < 1.29 is 28.3 Å². The van der Waals surface area contributed by atoms with Crippen LogP contribution in [-0.2, 0) is 16.1 Å². The third kappa shape index (κ3) is 5.48. The molecular weight excluding hydrogens is 570 g/mol. The van der Waals surface area contributed by atoms with Gasteiger partial charge in [-0.25, -0.2) is 14.2 Å². The van der Waals surface area contributed by atoms with Gasteiger partial charge in [0.2, 0.25) is 5.90 Å². The first-order valence-corrected chi connectivity index (χ1v) is 11.4. The first-order chi connectivity index (χ1) is 16.7. The van der Waals surface area contributed by atoms with Crippen molar-refractivity contribution in [1.29, 1.82) is 0 Å². The fourth-order valence-corrected chi connectivity index (χ4v) is 4.11. The molecule has 1 aliphatic heterocycles. The zero-order valence-electron chi connectivity index (χ0n) is 18.6. The number of carbonyl (C=O) groups excluding carboxylic acids is 1. The molecule has 3 aromatic carbocycles. The molecule has 3 aromatic rings. The molecule has 0 unspecified atom stereocenters. The number of ether oxygens (including phenoxy) is 3. The van der Waals surface area contributed by atoms with Crippen molar-refractivity contribution in [2.75, 3.05) is 7.11 Å². The maximum atomic E-state index is 13.1. The van der Waals surface area contributed by atoms with Gasteiger partial charge in [0.1, 0.15) is 12.4 Å². The average Bonchev–Trinajstić information content (AvgIpc) is 3.19. The molecule has 8 nitrogen and oxygen atoms in total. The number of methoxy groups -OCH3 is 1. The van der Waals surface area contributed by atoms with Crippen LogP contribution in [0.2, 0.25) is 0 Å². The highest BCUT2D eigenvalue weighted by atomic mass is 127. The zero-order chi connectivity index (χ0) is 25.1. The smallest absolute Gasteiger partial charge is 0.363 e. The van der Waals surface area contributed by atoms with Crippen LogP contribution in [0, 0.1) is 26.4 Å². The van der Waals surface area contributed by atoms with E-state index in [2.05, 4.69) is 27.6 Å². The third-order valence-electron chi connectivity index (χ3n) is 5.12. The Morgan fingerprint density at radius 2 is 1.91 bits per heavy atom. The fourth-order valence-electron chi connectivity index (χ4n) is 3.33. The number of aryl methyl sites for hydroxylation is 1. The summed E-state index contributed by atoms with van der Waals surface area (Å²) >= 11 is 2.09. The lowest BCUT2D eigenvalue weighted by Crippen LogP contribution is -2.06. The van der Waals surface area contributed by atoms with Gasteiger partial charge < -0.3 is 14.2 Å². The van der Waals surface area contributed by atoms with E-state index in [-0.39, 0.29) is 29.7 Å². The maximum absolute atomic E-state index is 13.1. The second-order valence-electron chi connectivity index (χ2n) is 7.54. The molecule has 0 spiro atoms. The van der Waals surface area contributed by atoms with Crippen LogP contribution in [0.15, 0.2) is 65.3 Å². The summed E-state index contributed by atoms with van der Waals surface area (Å²) in [4.78, 5) is 27.4. The van der Waals surface area contributed by atoms with E-state index in [0.29, 0.717) is 28.2 Å². The molecule has 1 heterocycles. The maximum Gasteiger partial charge on any atom is 0.363 e. The number of benzene rings is 3. The minimum Gasteiger partial charge on any atom is -0.493 e. The van der Waals surface area contributed by atoms with E-state index in [4.69, 9.17) is 14.2 Å². The molecule has 0 bridgehead atoms. The van der Waals surface area contributed by atoms with Gasteiger partial charge in [0.25, 0.3) is 5.69 Å². The molecule has 0 N–H and O–H groups in total. The molecule has 0 aliphatic carbocycles. The summed E-state index contributed by atoms with van der Waals surface area (Å²) in [5.74, 6) is -0.0606. The van der Waals surface area contributed by atoms with Gasteiger partial charge in [-0.2, -0.15) is 0 Å². The molecule has 0 aromatic heterocycles. The second kappa shape index (κ2) is 10.2. The van der Waals surface area contributed by atoms with Crippen LogP contribution in [0.5, 0.6) is 11.5 Å². The van der Waals surface area contributed by atoms with Gasteiger partial charge in [-0.1, -0.05) is 18.2 Å². The fraction of sp³-hybridized carbons (Fsp3) is 0.120. The van der Waals surface area contributed by atoms with E-state index in [1.165, 1.54) is 31.4 Å². The quantitative estimate of drug-likeness (QED) is 0.118. The topological polar surface area (TPSA) is 100 Å². The number of cyclic esters (lactones) is 1. The van der Waals surface area contributed by atoms with E-state index in [9.17, 15) is 19.3 Å². The van der Waals surface area contributed by atoms with Crippen molar-refractivity contribution in [2.24, 2.45) is 4.99 Å². The van der Waals surface area contributed by atoms with Crippen molar-refractivity contribution >= 4 is 46.2 Å². The van der Waals surface area contributed by atoms with E-state index >= 15 is 0 Å². The first kappa shape index (κ1) is 24.3. The number of hydrogen-bond acceptors (Lipinski definition) is 7. The van der Waals surface area contributed by atoms with Crippen LogP contribution in [0.3, 0.4) is 0 Å². The van der Waals surface area contributed by atoms with Crippen LogP contribution in [0.1, 0.15) is 22.3 Å².